The number of carboxylic acids is 1. The van der Waals surface area contributed by atoms with E-state index in [0.29, 0.717) is 6.42 Å². The number of hydrogen-bond acceptors (Lipinski definition) is 10. The summed E-state index contributed by atoms with van der Waals surface area (Å²) in [6.07, 6.45) is 6.44. The van der Waals surface area contributed by atoms with Gasteiger partial charge in [-0.25, -0.2) is 0 Å². The molecule has 19 atom stereocenters. The first-order chi connectivity index (χ1) is 24.4. The second-order valence-corrected chi connectivity index (χ2v) is 18.6. The molecule has 6 rings (SSSR count). The maximum Gasteiger partial charge on any atom is 0.308 e. The molecule has 0 aromatic rings. The predicted octanol–water partition coefficient (Wildman–Crippen LogP) is 6.36. The van der Waals surface area contributed by atoms with Crippen molar-refractivity contribution in [2.45, 2.75) is 192 Å². The Bertz CT molecular complexity index is 1240. The molecule has 2 N–H and O–H groups in total. The van der Waals surface area contributed by atoms with Gasteiger partial charge in [0, 0.05) is 44.8 Å². The van der Waals surface area contributed by atoms with Gasteiger partial charge < -0.3 is 48.1 Å². The molecule has 1 spiro atoms. The van der Waals surface area contributed by atoms with Crippen molar-refractivity contribution in [1.82, 2.24) is 0 Å². The fraction of sp³-hybridized carbons (Fsp3) is 0.976. The molecule has 0 aromatic heterocycles. The summed E-state index contributed by atoms with van der Waals surface area (Å²) >= 11 is 0. The second-order valence-electron chi connectivity index (χ2n) is 18.6. The third-order valence-corrected chi connectivity index (χ3v) is 14.7. The van der Waals surface area contributed by atoms with Crippen molar-refractivity contribution in [3.05, 3.63) is 0 Å². The van der Waals surface area contributed by atoms with E-state index in [2.05, 4.69) is 55.4 Å². The fourth-order valence-electron chi connectivity index (χ4n) is 11.6. The standard InChI is InChI=1S/C41H70O11/c1-22-12-13-29(47-34(22)27(6)37(43)44)18-30-19-31(45-10)28(7)41(49-30)26(5)20-39(9,52-41)33-14-15-38(8,50-33)36-24(3)17-32(48-36)35-23(2)16-25(4)40(21-42,46-11)51-35/h22-36,42H,12-21H2,1-11H3,(H,43,44)/t22-,23-,24-,25+,26-,27+,28+,29+,30+,31+,32+,33-,34+,35-,36+,38+,39+,40-,41?/m0/s1. The molecule has 0 radical (unpaired) electrons. The van der Waals surface area contributed by atoms with Crippen LogP contribution in [0.2, 0.25) is 0 Å². The van der Waals surface area contributed by atoms with Crippen LogP contribution < -0.4 is 0 Å². The molecule has 11 heteroatoms. The lowest BCUT2D eigenvalue weighted by molar-refractivity contribution is -0.353. The van der Waals surface area contributed by atoms with Gasteiger partial charge in [-0.05, 0) is 83.5 Å². The number of ether oxygens (including phenoxy) is 8. The van der Waals surface area contributed by atoms with Crippen LogP contribution in [0.4, 0.5) is 0 Å². The number of carbonyl (C=O) groups is 1. The lowest BCUT2D eigenvalue weighted by Crippen LogP contribution is -2.58. The average molecular weight is 739 g/mol. The van der Waals surface area contributed by atoms with Gasteiger partial charge in [-0.1, -0.05) is 41.5 Å². The van der Waals surface area contributed by atoms with Crippen LogP contribution >= 0.6 is 0 Å². The zero-order valence-corrected chi connectivity index (χ0v) is 33.8. The Labute approximate surface area is 312 Å². The first kappa shape index (κ1) is 40.8. The molecule has 0 aromatic carbocycles. The van der Waals surface area contributed by atoms with Gasteiger partial charge in [0.05, 0.1) is 72.6 Å². The van der Waals surface area contributed by atoms with Gasteiger partial charge in [-0.2, -0.15) is 0 Å². The Hall–Kier alpha value is -0.890. The van der Waals surface area contributed by atoms with Crippen molar-refractivity contribution in [3.63, 3.8) is 0 Å². The number of methoxy groups -OCH3 is 2. The normalized spacial score (nSPS) is 53.4. The molecule has 300 valence electrons. The number of hydrogen-bond donors (Lipinski definition) is 2. The van der Waals surface area contributed by atoms with Gasteiger partial charge in [-0.3, -0.25) is 4.79 Å². The van der Waals surface area contributed by atoms with Crippen LogP contribution in [0.5, 0.6) is 0 Å². The second kappa shape index (κ2) is 15.2. The van der Waals surface area contributed by atoms with Crippen LogP contribution in [0.25, 0.3) is 0 Å². The van der Waals surface area contributed by atoms with E-state index in [1.54, 1.807) is 21.1 Å². The molecule has 0 aliphatic carbocycles. The summed E-state index contributed by atoms with van der Waals surface area (Å²) in [4.78, 5) is 11.8. The molecular formula is C41H70O11. The van der Waals surface area contributed by atoms with Crippen molar-refractivity contribution >= 4 is 5.97 Å². The Morgan fingerprint density at radius 1 is 0.846 bits per heavy atom. The minimum Gasteiger partial charge on any atom is -0.481 e. The van der Waals surface area contributed by atoms with Gasteiger partial charge in [0.2, 0.25) is 0 Å². The highest BCUT2D eigenvalue weighted by Crippen LogP contribution is 2.57. The number of aliphatic carboxylic acids is 1. The van der Waals surface area contributed by atoms with E-state index < -0.39 is 34.7 Å². The molecule has 52 heavy (non-hydrogen) atoms. The molecule has 6 heterocycles. The molecule has 0 bridgehead atoms. The van der Waals surface area contributed by atoms with E-state index in [1.807, 2.05) is 0 Å². The molecule has 1 unspecified atom stereocenters. The van der Waals surface area contributed by atoms with Crippen molar-refractivity contribution in [2.24, 2.45) is 41.4 Å². The van der Waals surface area contributed by atoms with Gasteiger partial charge in [0.15, 0.2) is 11.6 Å². The number of carboxylic acid groups (broad SMARTS) is 1. The lowest BCUT2D eigenvalue weighted by atomic mass is 9.78. The van der Waals surface area contributed by atoms with E-state index >= 15 is 0 Å². The van der Waals surface area contributed by atoms with Crippen LogP contribution in [-0.4, -0.2) is 109 Å². The summed E-state index contributed by atoms with van der Waals surface area (Å²) < 4.78 is 53.4. The van der Waals surface area contributed by atoms with E-state index in [-0.39, 0.29) is 90.9 Å². The SMILES string of the molecule is CO[C@@H]1C[C@@H](C[C@H]2CC[C@H](C)[C@H]([C@@H](C)C(=O)O)O2)OC2(O[C@@](C)([C@@H]3CC[C@](C)([C@@H]4O[C@@H]([C@H]5O[C@](CO)(OC)[C@H](C)C[C@@H]5C)C[C@@H]4C)O3)C[C@@H]2C)[C@@H]1C. The highest BCUT2D eigenvalue weighted by Gasteiger charge is 2.65. The van der Waals surface area contributed by atoms with Crippen molar-refractivity contribution in [3.8, 4) is 0 Å². The predicted molar refractivity (Wildman–Crippen MR) is 194 cm³/mol. The molecule has 6 aliphatic heterocycles. The van der Waals surface area contributed by atoms with Crippen molar-refractivity contribution in [2.75, 3.05) is 20.8 Å². The van der Waals surface area contributed by atoms with Crippen LogP contribution in [0.1, 0.15) is 120 Å². The maximum absolute atomic E-state index is 11.8. The van der Waals surface area contributed by atoms with Crippen LogP contribution in [0.15, 0.2) is 0 Å². The zero-order chi connectivity index (χ0) is 38.0. The Morgan fingerprint density at radius 2 is 1.58 bits per heavy atom. The Balaban J connectivity index is 1.13. The minimum absolute atomic E-state index is 0.00252. The van der Waals surface area contributed by atoms with E-state index in [0.717, 1.165) is 51.4 Å². The monoisotopic (exact) mass is 738 g/mol. The van der Waals surface area contributed by atoms with Gasteiger partial charge in [0.25, 0.3) is 0 Å². The molecule has 6 saturated heterocycles. The molecule has 0 amide bonds. The van der Waals surface area contributed by atoms with Gasteiger partial charge in [0.1, 0.15) is 0 Å². The first-order valence-electron chi connectivity index (χ1n) is 20.4. The summed E-state index contributed by atoms with van der Waals surface area (Å²) in [6.45, 7) is 19.0. The summed E-state index contributed by atoms with van der Waals surface area (Å²) in [5.41, 5.74) is -1.05. The highest BCUT2D eigenvalue weighted by atomic mass is 16.7. The third kappa shape index (κ3) is 7.15. The summed E-state index contributed by atoms with van der Waals surface area (Å²) in [6, 6.07) is 0. The summed E-state index contributed by atoms with van der Waals surface area (Å²) in [7, 11) is 3.39. The Morgan fingerprint density at radius 3 is 2.23 bits per heavy atom. The smallest absolute Gasteiger partial charge is 0.308 e. The number of aliphatic hydroxyl groups is 1. The van der Waals surface area contributed by atoms with Gasteiger partial charge >= 0.3 is 5.97 Å². The topological polar surface area (TPSA) is 131 Å². The van der Waals surface area contributed by atoms with Crippen LogP contribution in [-0.2, 0) is 42.7 Å². The van der Waals surface area contributed by atoms with Gasteiger partial charge in [-0.15, -0.1) is 0 Å². The quantitative estimate of drug-likeness (QED) is 0.260. The first-order valence-corrected chi connectivity index (χ1v) is 20.4. The lowest BCUT2D eigenvalue weighted by Gasteiger charge is -2.50. The third-order valence-electron chi connectivity index (χ3n) is 14.7. The largest absolute Gasteiger partial charge is 0.481 e. The number of rotatable bonds is 10. The molecule has 6 fully saturated rings. The minimum atomic E-state index is -1.01. The maximum atomic E-state index is 11.8. The molecule has 0 saturated carbocycles. The van der Waals surface area contributed by atoms with E-state index in [4.69, 9.17) is 37.9 Å². The molecule has 11 nitrogen and oxygen atoms in total. The average Bonchev–Trinajstić information content (AvgIpc) is 3.77. The van der Waals surface area contributed by atoms with Crippen LogP contribution in [0, 0.1) is 41.4 Å². The summed E-state index contributed by atoms with van der Waals surface area (Å²) in [5.74, 6) is -2.31. The Kier molecular flexibility index (Phi) is 11.9. The fourth-order valence-corrected chi connectivity index (χ4v) is 11.6. The zero-order valence-electron chi connectivity index (χ0n) is 33.8. The highest BCUT2D eigenvalue weighted by molar-refractivity contribution is 5.70. The van der Waals surface area contributed by atoms with E-state index in [9.17, 15) is 15.0 Å². The summed E-state index contributed by atoms with van der Waals surface area (Å²) in [5, 5.41) is 20.0. The molecular weight excluding hydrogens is 668 g/mol. The molecule has 6 aliphatic rings. The number of aliphatic hydroxyl groups excluding tert-OH is 1. The van der Waals surface area contributed by atoms with Crippen LogP contribution in [0.3, 0.4) is 0 Å². The van der Waals surface area contributed by atoms with Crippen molar-refractivity contribution in [1.29, 1.82) is 0 Å². The van der Waals surface area contributed by atoms with Crippen molar-refractivity contribution < 1.29 is 52.9 Å². The van der Waals surface area contributed by atoms with E-state index in [1.165, 1.54) is 0 Å².